The van der Waals surface area contributed by atoms with E-state index in [1.165, 1.54) is 0 Å². The molecular formula is C11H15Cl2NO. The summed E-state index contributed by atoms with van der Waals surface area (Å²) in [7, 11) is 0. The largest absolute Gasteiger partial charge is 0.487 e. The number of hydrogen-bond donors (Lipinski definition) is 1. The Labute approximate surface area is 100 Å². The van der Waals surface area contributed by atoms with Crippen LogP contribution in [0.4, 0.5) is 5.69 Å². The smallest absolute Gasteiger partial charge is 0.157 e. The van der Waals surface area contributed by atoms with Crippen LogP contribution in [0.5, 0.6) is 5.75 Å². The van der Waals surface area contributed by atoms with Gasteiger partial charge in [0.15, 0.2) is 5.75 Å². The van der Waals surface area contributed by atoms with Crippen molar-refractivity contribution in [2.45, 2.75) is 26.9 Å². The molecule has 1 aromatic carbocycles. The van der Waals surface area contributed by atoms with Gasteiger partial charge in [-0.25, -0.2) is 0 Å². The number of nitrogens with two attached hydrogens (primary N) is 1. The molecule has 0 heterocycles. The zero-order valence-electron chi connectivity index (χ0n) is 9.05. The first-order valence-corrected chi connectivity index (χ1v) is 5.58. The van der Waals surface area contributed by atoms with Gasteiger partial charge in [0, 0.05) is 5.69 Å². The fourth-order valence-electron chi connectivity index (χ4n) is 1.01. The zero-order chi connectivity index (χ0) is 11.6. The minimum absolute atomic E-state index is 0.0589. The van der Waals surface area contributed by atoms with Crippen LogP contribution in [0, 0.1) is 5.92 Å². The van der Waals surface area contributed by atoms with Gasteiger partial charge in [0.25, 0.3) is 0 Å². The van der Waals surface area contributed by atoms with E-state index in [0.717, 1.165) is 0 Å². The van der Waals surface area contributed by atoms with Crippen molar-refractivity contribution in [3.63, 3.8) is 0 Å². The Kier molecular flexibility index (Phi) is 4.12. The Morgan fingerprint density at radius 3 is 2.00 bits per heavy atom. The minimum atomic E-state index is 0.0589. The molecule has 1 aromatic rings. The highest BCUT2D eigenvalue weighted by Crippen LogP contribution is 2.36. The molecule has 0 aliphatic rings. The van der Waals surface area contributed by atoms with E-state index < -0.39 is 0 Å². The highest BCUT2D eigenvalue weighted by molar-refractivity contribution is 6.37. The molecule has 0 amide bonds. The quantitative estimate of drug-likeness (QED) is 0.820. The molecule has 1 rings (SSSR count). The first-order chi connectivity index (χ1) is 6.91. The van der Waals surface area contributed by atoms with Crippen molar-refractivity contribution in [2.75, 3.05) is 5.73 Å². The lowest BCUT2D eigenvalue weighted by Crippen LogP contribution is -2.19. The molecule has 2 nitrogen and oxygen atoms in total. The summed E-state index contributed by atoms with van der Waals surface area (Å²) in [5.74, 6) is 0.906. The van der Waals surface area contributed by atoms with Gasteiger partial charge in [-0.05, 0) is 25.0 Å². The third kappa shape index (κ3) is 3.18. The van der Waals surface area contributed by atoms with Gasteiger partial charge in [0.05, 0.1) is 16.1 Å². The van der Waals surface area contributed by atoms with Gasteiger partial charge in [0.1, 0.15) is 0 Å². The zero-order valence-corrected chi connectivity index (χ0v) is 10.6. The SMILES string of the molecule is CC(C)C(C)Oc1c(Cl)cc(N)cc1Cl. The van der Waals surface area contributed by atoms with Gasteiger partial charge < -0.3 is 10.5 Å². The Morgan fingerprint density at radius 2 is 1.60 bits per heavy atom. The van der Waals surface area contributed by atoms with Gasteiger partial charge in [-0.2, -0.15) is 0 Å². The highest BCUT2D eigenvalue weighted by Gasteiger charge is 2.14. The standard InChI is InChI=1S/C11H15Cl2NO/c1-6(2)7(3)15-11-9(12)4-8(14)5-10(11)13/h4-7H,14H2,1-3H3. The van der Waals surface area contributed by atoms with Crippen LogP contribution in [0.3, 0.4) is 0 Å². The van der Waals surface area contributed by atoms with Crippen molar-refractivity contribution in [1.82, 2.24) is 0 Å². The number of rotatable bonds is 3. The number of benzene rings is 1. The molecular weight excluding hydrogens is 233 g/mol. The number of ether oxygens (including phenoxy) is 1. The maximum absolute atomic E-state index is 5.99. The number of nitrogen functional groups attached to an aromatic ring is 1. The third-order valence-corrected chi connectivity index (χ3v) is 2.82. The summed E-state index contributed by atoms with van der Waals surface area (Å²) >= 11 is 12.0. The number of halogens is 2. The molecule has 0 saturated heterocycles. The number of hydrogen-bond acceptors (Lipinski definition) is 2. The predicted molar refractivity (Wildman–Crippen MR) is 65.8 cm³/mol. The molecule has 15 heavy (non-hydrogen) atoms. The van der Waals surface area contributed by atoms with Crippen LogP contribution in [0.15, 0.2) is 12.1 Å². The molecule has 0 spiro atoms. The molecule has 2 N–H and O–H groups in total. The second kappa shape index (κ2) is 4.95. The molecule has 0 radical (unpaired) electrons. The molecule has 0 aliphatic heterocycles. The van der Waals surface area contributed by atoms with Crippen molar-refractivity contribution in [2.24, 2.45) is 5.92 Å². The van der Waals surface area contributed by atoms with Crippen molar-refractivity contribution in [3.8, 4) is 5.75 Å². The summed E-state index contributed by atoms with van der Waals surface area (Å²) < 4.78 is 5.67. The molecule has 0 saturated carbocycles. The second-order valence-electron chi connectivity index (χ2n) is 3.88. The fourth-order valence-corrected chi connectivity index (χ4v) is 1.61. The monoisotopic (exact) mass is 247 g/mol. The fraction of sp³-hybridized carbons (Fsp3) is 0.455. The van der Waals surface area contributed by atoms with Crippen LogP contribution < -0.4 is 10.5 Å². The topological polar surface area (TPSA) is 35.2 Å². The summed E-state index contributed by atoms with van der Waals surface area (Å²) in [5.41, 5.74) is 6.13. The van der Waals surface area contributed by atoms with Crippen LogP contribution in [0.2, 0.25) is 10.0 Å². The third-order valence-electron chi connectivity index (χ3n) is 2.26. The minimum Gasteiger partial charge on any atom is -0.487 e. The van der Waals surface area contributed by atoms with E-state index in [-0.39, 0.29) is 6.10 Å². The van der Waals surface area contributed by atoms with Gasteiger partial charge in [0.2, 0.25) is 0 Å². The van der Waals surface area contributed by atoms with Crippen LogP contribution in [0.1, 0.15) is 20.8 Å². The van der Waals surface area contributed by atoms with E-state index in [1.54, 1.807) is 12.1 Å². The first kappa shape index (κ1) is 12.5. The lowest BCUT2D eigenvalue weighted by Gasteiger charge is -2.20. The summed E-state index contributed by atoms with van der Waals surface area (Å²) in [5, 5.41) is 0.903. The predicted octanol–water partition coefficient (Wildman–Crippen LogP) is 4.00. The Bertz CT molecular complexity index is 329. The Balaban J connectivity index is 2.95. The van der Waals surface area contributed by atoms with E-state index in [9.17, 15) is 0 Å². The molecule has 0 aromatic heterocycles. The van der Waals surface area contributed by atoms with Crippen molar-refractivity contribution in [1.29, 1.82) is 0 Å². The maximum atomic E-state index is 5.99. The lowest BCUT2D eigenvalue weighted by atomic mass is 10.1. The van der Waals surface area contributed by atoms with E-state index in [0.29, 0.717) is 27.4 Å². The van der Waals surface area contributed by atoms with Crippen molar-refractivity contribution < 1.29 is 4.74 Å². The Morgan fingerprint density at radius 1 is 1.13 bits per heavy atom. The average molecular weight is 248 g/mol. The second-order valence-corrected chi connectivity index (χ2v) is 4.70. The molecule has 0 fully saturated rings. The summed E-state index contributed by atoms with van der Waals surface area (Å²) in [6, 6.07) is 3.27. The molecule has 0 bridgehead atoms. The average Bonchev–Trinajstić information content (AvgIpc) is 2.10. The normalized spacial score (nSPS) is 12.9. The van der Waals surface area contributed by atoms with Gasteiger partial charge in [-0.1, -0.05) is 37.0 Å². The van der Waals surface area contributed by atoms with Crippen LogP contribution >= 0.6 is 23.2 Å². The first-order valence-electron chi connectivity index (χ1n) is 4.83. The van der Waals surface area contributed by atoms with Crippen LogP contribution in [-0.4, -0.2) is 6.10 Å². The molecule has 4 heteroatoms. The molecule has 1 unspecified atom stereocenters. The maximum Gasteiger partial charge on any atom is 0.157 e. The van der Waals surface area contributed by atoms with Crippen LogP contribution in [-0.2, 0) is 0 Å². The van der Waals surface area contributed by atoms with Gasteiger partial charge in [-0.3, -0.25) is 0 Å². The van der Waals surface area contributed by atoms with Gasteiger partial charge in [-0.15, -0.1) is 0 Å². The van der Waals surface area contributed by atoms with E-state index in [4.69, 9.17) is 33.7 Å². The van der Waals surface area contributed by atoms with Crippen LogP contribution in [0.25, 0.3) is 0 Å². The molecule has 84 valence electrons. The van der Waals surface area contributed by atoms with E-state index in [2.05, 4.69) is 13.8 Å². The van der Waals surface area contributed by atoms with Gasteiger partial charge >= 0.3 is 0 Å². The Hall–Kier alpha value is -0.600. The summed E-state index contributed by atoms with van der Waals surface area (Å²) in [6.45, 7) is 6.13. The van der Waals surface area contributed by atoms with E-state index >= 15 is 0 Å². The van der Waals surface area contributed by atoms with E-state index in [1.807, 2.05) is 6.92 Å². The molecule has 1 atom stereocenters. The van der Waals surface area contributed by atoms with Crippen molar-refractivity contribution in [3.05, 3.63) is 22.2 Å². The molecule has 0 aliphatic carbocycles. The number of anilines is 1. The van der Waals surface area contributed by atoms with Crippen molar-refractivity contribution >= 4 is 28.9 Å². The summed E-state index contributed by atoms with van der Waals surface area (Å²) in [4.78, 5) is 0. The highest BCUT2D eigenvalue weighted by atomic mass is 35.5. The summed E-state index contributed by atoms with van der Waals surface area (Å²) in [6.07, 6.45) is 0.0589. The lowest BCUT2D eigenvalue weighted by molar-refractivity contribution is 0.171.